The Bertz CT molecular complexity index is 644. The van der Waals surface area contributed by atoms with Gasteiger partial charge in [0.25, 0.3) is 5.91 Å². The molecule has 0 saturated carbocycles. The zero-order chi connectivity index (χ0) is 15.8. The van der Waals surface area contributed by atoms with Crippen molar-refractivity contribution in [3.05, 3.63) is 54.4 Å². The van der Waals surface area contributed by atoms with Gasteiger partial charge in [-0.05, 0) is 36.8 Å². The standard InChI is InChI=1S/C16H18N4O2/c1-12(19-14-5-3-4-6-15(14)22-2)16(21)20-18-11-13-7-9-17-10-8-13/h3-12,19H,1-2H3,(H,20,21). The van der Waals surface area contributed by atoms with Gasteiger partial charge in [0, 0.05) is 12.4 Å². The van der Waals surface area contributed by atoms with Gasteiger partial charge in [-0.2, -0.15) is 5.10 Å². The predicted octanol–water partition coefficient (Wildman–Crippen LogP) is 2.04. The Labute approximate surface area is 129 Å². The lowest BCUT2D eigenvalue weighted by Crippen LogP contribution is -2.35. The van der Waals surface area contributed by atoms with E-state index in [0.717, 1.165) is 11.3 Å². The van der Waals surface area contributed by atoms with E-state index in [1.807, 2.05) is 24.3 Å². The van der Waals surface area contributed by atoms with Crippen LogP contribution in [0.5, 0.6) is 5.75 Å². The maximum atomic E-state index is 12.0. The molecule has 0 aliphatic carbocycles. The van der Waals surface area contributed by atoms with Crippen molar-refractivity contribution in [1.82, 2.24) is 10.4 Å². The van der Waals surface area contributed by atoms with Crippen LogP contribution in [-0.4, -0.2) is 30.3 Å². The molecular formula is C16H18N4O2. The fraction of sp³-hybridized carbons (Fsp3) is 0.188. The minimum Gasteiger partial charge on any atom is -0.495 e. The van der Waals surface area contributed by atoms with Crippen molar-refractivity contribution in [2.24, 2.45) is 5.10 Å². The number of anilines is 1. The van der Waals surface area contributed by atoms with Crippen LogP contribution in [0.1, 0.15) is 12.5 Å². The van der Waals surface area contributed by atoms with E-state index in [1.54, 1.807) is 44.8 Å². The number of nitrogens with zero attached hydrogens (tertiary/aromatic N) is 2. The van der Waals surface area contributed by atoms with Gasteiger partial charge < -0.3 is 10.1 Å². The molecule has 1 aromatic heterocycles. The van der Waals surface area contributed by atoms with Gasteiger partial charge in [0.1, 0.15) is 11.8 Å². The second kappa shape index (κ2) is 7.78. The van der Waals surface area contributed by atoms with Crippen LogP contribution in [-0.2, 0) is 4.79 Å². The van der Waals surface area contributed by atoms with Crippen molar-refractivity contribution in [1.29, 1.82) is 0 Å². The van der Waals surface area contributed by atoms with Gasteiger partial charge in [-0.3, -0.25) is 9.78 Å². The molecule has 22 heavy (non-hydrogen) atoms. The van der Waals surface area contributed by atoms with E-state index >= 15 is 0 Å². The quantitative estimate of drug-likeness (QED) is 0.632. The molecule has 0 spiro atoms. The molecule has 0 bridgehead atoms. The van der Waals surface area contributed by atoms with E-state index in [0.29, 0.717) is 5.75 Å². The zero-order valence-corrected chi connectivity index (χ0v) is 12.5. The monoisotopic (exact) mass is 298 g/mol. The van der Waals surface area contributed by atoms with E-state index < -0.39 is 6.04 Å². The first-order valence-corrected chi connectivity index (χ1v) is 6.83. The summed E-state index contributed by atoms with van der Waals surface area (Å²) in [6.45, 7) is 1.75. The van der Waals surface area contributed by atoms with Gasteiger partial charge in [0.2, 0.25) is 0 Å². The summed E-state index contributed by atoms with van der Waals surface area (Å²) in [6, 6.07) is 10.6. The van der Waals surface area contributed by atoms with E-state index in [4.69, 9.17) is 4.74 Å². The first-order valence-electron chi connectivity index (χ1n) is 6.83. The van der Waals surface area contributed by atoms with Crippen LogP contribution in [0, 0.1) is 0 Å². The topological polar surface area (TPSA) is 75.6 Å². The van der Waals surface area contributed by atoms with Crippen LogP contribution in [0.25, 0.3) is 0 Å². The molecule has 1 unspecified atom stereocenters. The Morgan fingerprint density at radius 1 is 1.27 bits per heavy atom. The maximum absolute atomic E-state index is 12.0. The Morgan fingerprint density at radius 2 is 2.00 bits per heavy atom. The number of methoxy groups -OCH3 is 1. The third-order valence-corrected chi connectivity index (χ3v) is 2.97. The van der Waals surface area contributed by atoms with Gasteiger partial charge in [0.15, 0.2) is 0 Å². The van der Waals surface area contributed by atoms with Gasteiger partial charge >= 0.3 is 0 Å². The normalized spacial score (nSPS) is 11.9. The summed E-state index contributed by atoms with van der Waals surface area (Å²) in [5, 5.41) is 7.01. The molecule has 1 atom stereocenters. The van der Waals surface area contributed by atoms with Gasteiger partial charge in [0.05, 0.1) is 19.0 Å². The molecule has 0 aliphatic rings. The van der Waals surface area contributed by atoms with Crippen LogP contribution in [0.4, 0.5) is 5.69 Å². The highest BCUT2D eigenvalue weighted by atomic mass is 16.5. The lowest BCUT2D eigenvalue weighted by Gasteiger charge is -2.15. The molecule has 1 aromatic carbocycles. The number of benzene rings is 1. The van der Waals surface area contributed by atoms with Crippen molar-refractivity contribution in [2.45, 2.75) is 13.0 Å². The average Bonchev–Trinajstić information content (AvgIpc) is 2.56. The third kappa shape index (κ3) is 4.31. The number of amides is 1. The Morgan fingerprint density at radius 3 is 2.73 bits per heavy atom. The molecule has 0 fully saturated rings. The fourth-order valence-electron chi connectivity index (χ4n) is 1.78. The van der Waals surface area contributed by atoms with Crippen LogP contribution < -0.4 is 15.5 Å². The van der Waals surface area contributed by atoms with Gasteiger partial charge in [-0.15, -0.1) is 0 Å². The van der Waals surface area contributed by atoms with Crippen molar-refractivity contribution in [3.63, 3.8) is 0 Å². The third-order valence-electron chi connectivity index (χ3n) is 2.97. The Balaban J connectivity index is 1.91. The second-order valence-electron chi connectivity index (χ2n) is 4.58. The number of ether oxygens (including phenoxy) is 1. The second-order valence-corrected chi connectivity index (χ2v) is 4.58. The number of para-hydroxylation sites is 2. The number of nitrogens with one attached hydrogen (secondary N) is 2. The fourth-order valence-corrected chi connectivity index (χ4v) is 1.78. The highest BCUT2D eigenvalue weighted by molar-refractivity contribution is 5.86. The summed E-state index contributed by atoms with van der Waals surface area (Å²) in [6.07, 6.45) is 4.89. The molecule has 1 amide bonds. The number of rotatable bonds is 6. The smallest absolute Gasteiger partial charge is 0.262 e. The molecule has 114 valence electrons. The minimum atomic E-state index is -0.453. The highest BCUT2D eigenvalue weighted by Crippen LogP contribution is 2.23. The molecule has 6 nitrogen and oxygen atoms in total. The van der Waals surface area contributed by atoms with Crippen molar-refractivity contribution < 1.29 is 9.53 Å². The Kier molecular flexibility index (Phi) is 5.48. The summed E-state index contributed by atoms with van der Waals surface area (Å²) in [4.78, 5) is 15.9. The first kappa shape index (κ1) is 15.5. The summed E-state index contributed by atoms with van der Waals surface area (Å²) >= 11 is 0. The number of pyridine rings is 1. The van der Waals surface area contributed by atoms with Gasteiger partial charge in [-0.1, -0.05) is 12.1 Å². The van der Waals surface area contributed by atoms with E-state index in [-0.39, 0.29) is 5.91 Å². The zero-order valence-electron chi connectivity index (χ0n) is 12.5. The molecule has 0 saturated heterocycles. The first-order chi connectivity index (χ1) is 10.7. The molecule has 2 N–H and O–H groups in total. The van der Waals surface area contributed by atoms with Crippen LogP contribution >= 0.6 is 0 Å². The number of hydrogen-bond acceptors (Lipinski definition) is 5. The molecular weight excluding hydrogens is 280 g/mol. The number of hydrogen-bond donors (Lipinski definition) is 2. The minimum absolute atomic E-state index is 0.240. The molecule has 6 heteroatoms. The molecule has 0 radical (unpaired) electrons. The van der Waals surface area contributed by atoms with Crippen molar-refractivity contribution >= 4 is 17.8 Å². The number of carbonyl (C=O) groups excluding carboxylic acids is 1. The highest BCUT2D eigenvalue weighted by Gasteiger charge is 2.13. The average molecular weight is 298 g/mol. The van der Waals surface area contributed by atoms with Crippen LogP contribution in [0.3, 0.4) is 0 Å². The maximum Gasteiger partial charge on any atom is 0.262 e. The molecule has 1 heterocycles. The summed E-state index contributed by atoms with van der Waals surface area (Å²) in [5.74, 6) is 0.443. The molecule has 2 aromatic rings. The van der Waals surface area contributed by atoms with E-state index in [2.05, 4.69) is 20.8 Å². The number of aromatic nitrogens is 1. The molecule has 0 aliphatic heterocycles. The van der Waals surface area contributed by atoms with Crippen LogP contribution in [0.2, 0.25) is 0 Å². The molecule has 2 rings (SSSR count). The van der Waals surface area contributed by atoms with E-state index in [9.17, 15) is 4.79 Å². The predicted molar refractivity (Wildman–Crippen MR) is 86.1 cm³/mol. The summed E-state index contributed by atoms with van der Waals surface area (Å²) < 4.78 is 5.24. The number of carbonyl (C=O) groups is 1. The van der Waals surface area contributed by atoms with Crippen molar-refractivity contribution in [2.75, 3.05) is 12.4 Å². The lowest BCUT2D eigenvalue weighted by molar-refractivity contribution is -0.121. The summed E-state index contributed by atoms with van der Waals surface area (Å²) in [7, 11) is 1.59. The number of hydrazone groups is 1. The van der Waals surface area contributed by atoms with Crippen molar-refractivity contribution in [3.8, 4) is 5.75 Å². The summed E-state index contributed by atoms with van der Waals surface area (Å²) in [5.41, 5.74) is 4.11. The van der Waals surface area contributed by atoms with E-state index in [1.165, 1.54) is 0 Å². The van der Waals surface area contributed by atoms with Crippen LogP contribution in [0.15, 0.2) is 53.9 Å². The van der Waals surface area contributed by atoms with Gasteiger partial charge in [-0.25, -0.2) is 5.43 Å². The largest absolute Gasteiger partial charge is 0.495 e. The lowest BCUT2D eigenvalue weighted by atomic mass is 10.2. The Hall–Kier alpha value is -2.89. The SMILES string of the molecule is COc1ccccc1NC(C)C(=O)NN=Cc1ccncc1.